The minimum atomic E-state index is -0.165. The SMILES string of the molecule is Cc1cccc(OCc2nn(CC(=O)NCCc3ccccc3)c(=S)o2)c1. The molecule has 1 heterocycles. The zero-order chi connectivity index (χ0) is 19.1. The number of ether oxygens (including phenoxy) is 1. The molecule has 1 aromatic heterocycles. The minimum Gasteiger partial charge on any atom is -0.484 e. The van der Waals surface area contributed by atoms with Gasteiger partial charge in [0.2, 0.25) is 5.91 Å². The molecule has 140 valence electrons. The lowest BCUT2D eigenvalue weighted by molar-refractivity contribution is -0.121. The second-order valence-corrected chi connectivity index (χ2v) is 6.46. The first-order chi connectivity index (χ1) is 13.1. The molecule has 0 unspecified atom stereocenters. The molecule has 1 N–H and O–H groups in total. The van der Waals surface area contributed by atoms with Crippen LogP contribution in [-0.4, -0.2) is 22.2 Å². The fourth-order valence-corrected chi connectivity index (χ4v) is 2.74. The van der Waals surface area contributed by atoms with Gasteiger partial charge in [-0.1, -0.05) is 42.5 Å². The third-order valence-corrected chi connectivity index (χ3v) is 4.17. The Morgan fingerprint density at radius 3 is 2.81 bits per heavy atom. The summed E-state index contributed by atoms with van der Waals surface area (Å²) in [5, 5.41) is 7.07. The molecule has 0 spiro atoms. The van der Waals surface area contributed by atoms with E-state index >= 15 is 0 Å². The molecular formula is C20H21N3O3S. The Morgan fingerprint density at radius 1 is 1.22 bits per heavy atom. The second kappa shape index (κ2) is 9.14. The van der Waals surface area contributed by atoms with E-state index in [1.807, 2.05) is 61.5 Å². The normalized spacial score (nSPS) is 10.6. The highest BCUT2D eigenvalue weighted by atomic mass is 32.1. The van der Waals surface area contributed by atoms with Crippen molar-refractivity contribution in [2.75, 3.05) is 6.54 Å². The van der Waals surface area contributed by atoms with E-state index in [4.69, 9.17) is 21.4 Å². The molecule has 2 aromatic carbocycles. The topological polar surface area (TPSA) is 69.3 Å². The van der Waals surface area contributed by atoms with E-state index in [0.29, 0.717) is 12.4 Å². The lowest BCUT2D eigenvalue weighted by Crippen LogP contribution is -2.29. The standard InChI is InChI=1S/C20H21N3O3S/c1-15-6-5-9-17(12-15)25-14-19-22-23(20(27)26-19)13-18(24)21-11-10-16-7-3-2-4-8-16/h2-9,12H,10-11,13-14H2,1H3,(H,21,24). The molecule has 3 rings (SSSR count). The summed E-state index contributed by atoms with van der Waals surface area (Å²) in [4.78, 5) is 12.2. The number of hydrogen-bond donors (Lipinski definition) is 1. The number of aryl methyl sites for hydroxylation is 1. The van der Waals surface area contributed by atoms with Crippen LogP contribution in [0.1, 0.15) is 17.0 Å². The highest BCUT2D eigenvalue weighted by Crippen LogP contribution is 2.14. The molecule has 27 heavy (non-hydrogen) atoms. The van der Waals surface area contributed by atoms with E-state index in [9.17, 15) is 4.79 Å². The monoisotopic (exact) mass is 383 g/mol. The number of carbonyl (C=O) groups is 1. The maximum absolute atomic E-state index is 12.1. The highest BCUT2D eigenvalue weighted by molar-refractivity contribution is 7.71. The minimum absolute atomic E-state index is 0.0154. The Hall–Kier alpha value is -2.93. The summed E-state index contributed by atoms with van der Waals surface area (Å²) >= 11 is 5.13. The Balaban J connectivity index is 1.48. The number of rotatable bonds is 8. The van der Waals surface area contributed by atoms with Crippen molar-refractivity contribution >= 4 is 18.1 Å². The van der Waals surface area contributed by atoms with Gasteiger partial charge in [0.15, 0.2) is 6.61 Å². The molecule has 7 heteroatoms. The largest absolute Gasteiger partial charge is 0.484 e. The van der Waals surface area contributed by atoms with Crippen LogP contribution in [-0.2, 0) is 24.4 Å². The van der Waals surface area contributed by atoms with Gasteiger partial charge in [0, 0.05) is 6.54 Å². The van der Waals surface area contributed by atoms with Gasteiger partial charge < -0.3 is 14.5 Å². The molecule has 0 saturated carbocycles. The van der Waals surface area contributed by atoms with Crippen LogP contribution in [0.4, 0.5) is 0 Å². The third-order valence-electron chi connectivity index (χ3n) is 3.87. The number of nitrogens with zero attached hydrogens (tertiary/aromatic N) is 2. The number of carbonyl (C=O) groups excluding carboxylic acids is 1. The van der Waals surface area contributed by atoms with Crippen LogP contribution in [0.15, 0.2) is 59.0 Å². The average molecular weight is 383 g/mol. The van der Waals surface area contributed by atoms with Crippen molar-refractivity contribution in [3.05, 3.63) is 76.5 Å². The van der Waals surface area contributed by atoms with Gasteiger partial charge >= 0.3 is 0 Å². The summed E-state index contributed by atoms with van der Waals surface area (Å²) < 4.78 is 12.4. The maximum atomic E-state index is 12.1. The number of aromatic nitrogens is 2. The van der Waals surface area contributed by atoms with Crippen molar-refractivity contribution in [1.29, 1.82) is 0 Å². The molecular weight excluding hydrogens is 362 g/mol. The van der Waals surface area contributed by atoms with E-state index in [0.717, 1.165) is 17.7 Å². The van der Waals surface area contributed by atoms with Gasteiger partial charge in [-0.05, 0) is 48.8 Å². The van der Waals surface area contributed by atoms with Crippen molar-refractivity contribution in [2.24, 2.45) is 0 Å². The predicted octanol–water partition coefficient (Wildman–Crippen LogP) is 3.45. The molecule has 0 aliphatic heterocycles. The Bertz CT molecular complexity index is 950. The number of hydrogen-bond acceptors (Lipinski definition) is 5. The van der Waals surface area contributed by atoms with Crippen molar-refractivity contribution < 1.29 is 13.9 Å². The molecule has 6 nitrogen and oxygen atoms in total. The molecule has 0 saturated heterocycles. The smallest absolute Gasteiger partial charge is 0.287 e. The maximum Gasteiger partial charge on any atom is 0.287 e. The second-order valence-electron chi connectivity index (χ2n) is 6.11. The first-order valence-corrected chi connectivity index (χ1v) is 9.08. The first-order valence-electron chi connectivity index (χ1n) is 8.67. The molecule has 0 bridgehead atoms. The quantitative estimate of drug-likeness (QED) is 0.604. The molecule has 0 aliphatic carbocycles. The lowest BCUT2D eigenvalue weighted by Gasteiger charge is -2.05. The molecule has 0 radical (unpaired) electrons. The Morgan fingerprint density at radius 2 is 2.04 bits per heavy atom. The van der Waals surface area contributed by atoms with Crippen LogP contribution in [0.2, 0.25) is 0 Å². The number of nitrogens with one attached hydrogen (secondary N) is 1. The van der Waals surface area contributed by atoms with Gasteiger partial charge in [-0.25, -0.2) is 4.68 Å². The fraction of sp³-hybridized carbons (Fsp3) is 0.250. The number of benzene rings is 2. The Labute approximate surface area is 162 Å². The third kappa shape index (κ3) is 5.79. The van der Waals surface area contributed by atoms with Crippen molar-refractivity contribution in [2.45, 2.75) is 26.5 Å². The zero-order valence-electron chi connectivity index (χ0n) is 15.1. The summed E-state index contributed by atoms with van der Waals surface area (Å²) in [5.41, 5.74) is 2.28. The Kier molecular flexibility index (Phi) is 6.38. The van der Waals surface area contributed by atoms with Gasteiger partial charge in [-0.2, -0.15) is 0 Å². The number of amides is 1. The van der Waals surface area contributed by atoms with Crippen LogP contribution in [0.5, 0.6) is 5.75 Å². The summed E-state index contributed by atoms with van der Waals surface area (Å²) in [7, 11) is 0. The average Bonchev–Trinajstić information content (AvgIpc) is 3.00. The van der Waals surface area contributed by atoms with Gasteiger partial charge in [0.05, 0.1) is 0 Å². The van der Waals surface area contributed by atoms with Crippen molar-refractivity contribution in [1.82, 2.24) is 15.1 Å². The van der Waals surface area contributed by atoms with Gasteiger partial charge in [-0.3, -0.25) is 4.79 Å². The van der Waals surface area contributed by atoms with E-state index < -0.39 is 0 Å². The van der Waals surface area contributed by atoms with Crippen molar-refractivity contribution in [3.63, 3.8) is 0 Å². The summed E-state index contributed by atoms with van der Waals surface area (Å²) in [6, 6.07) is 17.7. The van der Waals surface area contributed by atoms with E-state index in [2.05, 4.69) is 10.4 Å². The van der Waals surface area contributed by atoms with Crippen LogP contribution >= 0.6 is 12.2 Å². The lowest BCUT2D eigenvalue weighted by atomic mass is 10.1. The zero-order valence-corrected chi connectivity index (χ0v) is 15.9. The molecule has 0 atom stereocenters. The van der Waals surface area contributed by atoms with Crippen LogP contribution < -0.4 is 10.1 Å². The van der Waals surface area contributed by atoms with Crippen LogP contribution in [0.25, 0.3) is 0 Å². The van der Waals surface area contributed by atoms with Crippen LogP contribution in [0, 0.1) is 11.8 Å². The van der Waals surface area contributed by atoms with E-state index in [1.54, 1.807) is 0 Å². The predicted molar refractivity (Wildman–Crippen MR) is 104 cm³/mol. The van der Waals surface area contributed by atoms with Crippen molar-refractivity contribution in [3.8, 4) is 5.75 Å². The highest BCUT2D eigenvalue weighted by Gasteiger charge is 2.10. The molecule has 1 amide bonds. The summed E-state index contributed by atoms with van der Waals surface area (Å²) in [5.74, 6) is 0.893. The van der Waals surface area contributed by atoms with Gasteiger partial charge in [0.25, 0.3) is 10.7 Å². The van der Waals surface area contributed by atoms with Gasteiger partial charge in [-0.15, -0.1) is 5.10 Å². The van der Waals surface area contributed by atoms with E-state index in [-0.39, 0.29) is 23.9 Å². The van der Waals surface area contributed by atoms with Gasteiger partial charge in [0.1, 0.15) is 12.3 Å². The molecule has 0 aliphatic rings. The molecule has 3 aromatic rings. The van der Waals surface area contributed by atoms with Crippen LogP contribution in [0.3, 0.4) is 0 Å². The van der Waals surface area contributed by atoms with E-state index in [1.165, 1.54) is 10.2 Å². The fourth-order valence-electron chi connectivity index (χ4n) is 2.54. The summed E-state index contributed by atoms with van der Waals surface area (Å²) in [6.45, 7) is 2.71. The molecule has 0 fully saturated rings. The first kappa shape index (κ1) is 18.8. The summed E-state index contributed by atoms with van der Waals surface area (Å²) in [6.07, 6.45) is 0.770.